The van der Waals surface area contributed by atoms with Crippen molar-refractivity contribution >= 4 is 21.7 Å². The van der Waals surface area contributed by atoms with Crippen molar-refractivity contribution in [3.8, 4) is 0 Å². The molecule has 0 aliphatic heterocycles. The van der Waals surface area contributed by atoms with E-state index in [0.717, 1.165) is 6.07 Å². The maximum Gasteiger partial charge on any atom is 0.419 e. The van der Waals surface area contributed by atoms with Crippen molar-refractivity contribution < 1.29 is 26.8 Å². The summed E-state index contributed by atoms with van der Waals surface area (Å²) in [7, 11) is 0. The molecule has 2 aromatic rings. The van der Waals surface area contributed by atoms with E-state index in [-0.39, 0.29) is 15.8 Å². The van der Waals surface area contributed by atoms with Crippen molar-refractivity contribution in [2.75, 3.05) is 0 Å². The summed E-state index contributed by atoms with van der Waals surface area (Å²) in [5.41, 5.74) is -1.67. The third-order valence-corrected chi connectivity index (χ3v) is 3.01. The van der Waals surface area contributed by atoms with Crippen LogP contribution in [0.25, 0.3) is 0 Å². The first-order chi connectivity index (χ1) is 8.80. The Kier molecular flexibility index (Phi) is 3.49. The average molecular weight is 337 g/mol. The van der Waals surface area contributed by atoms with Crippen LogP contribution < -0.4 is 0 Å². The number of ketones is 1. The Labute approximate surface area is 113 Å². The Balaban J connectivity index is 2.48. The normalized spacial score (nSPS) is 11.6. The average Bonchev–Trinajstić information content (AvgIpc) is 2.73. The van der Waals surface area contributed by atoms with Crippen LogP contribution >= 0.6 is 15.9 Å². The van der Waals surface area contributed by atoms with E-state index in [0.29, 0.717) is 12.1 Å². The minimum Gasteiger partial charge on any atom is -0.457 e. The molecular weight excluding hydrogens is 332 g/mol. The van der Waals surface area contributed by atoms with E-state index in [1.54, 1.807) is 0 Å². The van der Waals surface area contributed by atoms with E-state index < -0.39 is 23.3 Å². The highest BCUT2D eigenvalue weighted by Crippen LogP contribution is 2.32. The number of halogens is 5. The Morgan fingerprint density at radius 2 is 1.89 bits per heavy atom. The number of hydrogen-bond acceptors (Lipinski definition) is 2. The molecule has 0 spiro atoms. The molecule has 0 amide bonds. The number of carbonyl (C=O) groups excluding carboxylic acids is 1. The van der Waals surface area contributed by atoms with Gasteiger partial charge < -0.3 is 4.42 Å². The van der Waals surface area contributed by atoms with Crippen LogP contribution in [0.2, 0.25) is 0 Å². The summed E-state index contributed by atoms with van der Waals surface area (Å²) in [6.45, 7) is 0. The second-order valence-electron chi connectivity index (χ2n) is 3.63. The number of carbonyl (C=O) groups is 1. The van der Waals surface area contributed by atoms with Gasteiger partial charge in [0.05, 0.1) is 17.4 Å². The maximum atomic E-state index is 13.1. The summed E-state index contributed by atoms with van der Waals surface area (Å²) in [6, 6.07) is 3.40. The quantitative estimate of drug-likeness (QED) is 0.599. The molecule has 0 unspecified atom stereocenters. The molecule has 0 N–H and O–H groups in total. The maximum absolute atomic E-state index is 13.1. The zero-order chi connectivity index (χ0) is 14.2. The van der Waals surface area contributed by atoms with Gasteiger partial charge in [0, 0.05) is 5.56 Å². The lowest BCUT2D eigenvalue weighted by Gasteiger charge is -2.09. The molecule has 2 rings (SSSR count). The Morgan fingerprint density at radius 3 is 2.42 bits per heavy atom. The monoisotopic (exact) mass is 336 g/mol. The van der Waals surface area contributed by atoms with E-state index in [4.69, 9.17) is 4.42 Å². The van der Waals surface area contributed by atoms with Crippen molar-refractivity contribution in [2.24, 2.45) is 0 Å². The molecular formula is C12H5BrF4O2. The van der Waals surface area contributed by atoms with Crippen LogP contribution in [0.3, 0.4) is 0 Å². The Morgan fingerprint density at radius 1 is 1.21 bits per heavy atom. The molecule has 19 heavy (non-hydrogen) atoms. The first kappa shape index (κ1) is 13.8. The van der Waals surface area contributed by atoms with Gasteiger partial charge in [-0.05, 0) is 40.2 Å². The molecule has 0 saturated carbocycles. The minimum absolute atomic E-state index is 0.0692. The highest BCUT2D eigenvalue weighted by atomic mass is 79.9. The van der Waals surface area contributed by atoms with E-state index in [1.165, 1.54) is 12.3 Å². The van der Waals surface area contributed by atoms with Crippen LogP contribution in [0.1, 0.15) is 21.5 Å². The lowest BCUT2D eigenvalue weighted by molar-refractivity contribution is -0.140. The molecule has 1 aromatic heterocycles. The standard InChI is InChI=1S/C12H5BrF4O2/c13-11-7(3-4-19-11)10(18)6-1-2-9(14)8(5-6)12(15,16)17/h1-5H. The molecule has 7 heteroatoms. The number of benzene rings is 1. The topological polar surface area (TPSA) is 30.2 Å². The van der Waals surface area contributed by atoms with Gasteiger partial charge in [0.25, 0.3) is 0 Å². The van der Waals surface area contributed by atoms with Crippen LogP contribution in [-0.2, 0) is 6.18 Å². The molecule has 0 saturated heterocycles. The second kappa shape index (κ2) is 4.80. The van der Waals surface area contributed by atoms with Gasteiger partial charge in [0.1, 0.15) is 5.82 Å². The lowest BCUT2D eigenvalue weighted by Crippen LogP contribution is -2.10. The molecule has 2 nitrogen and oxygen atoms in total. The molecule has 1 aromatic carbocycles. The number of alkyl halides is 3. The molecule has 0 aliphatic rings. The summed E-state index contributed by atoms with van der Waals surface area (Å²) >= 11 is 2.95. The molecule has 0 atom stereocenters. The molecule has 0 radical (unpaired) electrons. The second-order valence-corrected chi connectivity index (χ2v) is 4.35. The van der Waals surface area contributed by atoms with Crippen molar-refractivity contribution in [3.63, 3.8) is 0 Å². The van der Waals surface area contributed by atoms with Crippen molar-refractivity contribution in [2.45, 2.75) is 6.18 Å². The molecule has 0 aliphatic carbocycles. The summed E-state index contributed by atoms with van der Waals surface area (Å²) in [5, 5.41) is 0. The number of furan rings is 1. The number of hydrogen-bond donors (Lipinski definition) is 0. The third kappa shape index (κ3) is 2.70. The zero-order valence-electron chi connectivity index (χ0n) is 9.09. The van der Waals surface area contributed by atoms with Gasteiger partial charge in [-0.2, -0.15) is 13.2 Å². The third-order valence-electron chi connectivity index (χ3n) is 2.40. The van der Waals surface area contributed by atoms with E-state index in [2.05, 4.69) is 15.9 Å². The highest BCUT2D eigenvalue weighted by molar-refractivity contribution is 9.10. The predicted octanol–water partition coefficient (Wildman–Crippen LogP) is 4.43. The SMILES string of the molecule is O=C(c1ccc(F)c(C(F)(F)F)c1)c1ccoc1Br. The molecule has 0 bridgehead atoms. The van der Waals surface area contributed by atoms with Gasteiger partial charge in [0.2, 0.25) is 0 Å². The first-order valence-corrected chi connectivity index (χ1v) is 5.74. The highest BCUT2D eigenvalue weighted by Gasteiger charge is 2.34. The van der Waals surface area contributed by atoms with Crippen LogP contribution in [0.5, 0.6) is 0 Å². The van der Waals surface area contributed by atoms with Crippen LogP contribution in [0.4, 0.5) is 17.6 Å². The zero-order valence-corrected chi connectivity index (χ0v) is 10.7. The molecule has 100 valence electrons. The van der Waals surface area contributed by atoms with Crippen molar-refractivity contribution in [1.29, 1.82) is 0 Å². The summed E-state index contributed by atoms with van der Waals surface area (Å²) < 4.78 is 55.6. The smallest absolute Gasteiger partial charge is 0.419 e. The summed E-state index contributed by atoms with van der Waals surface area (Å²) in [5.74, 6) is -2.11. The lowest BCUT2D eigenvalue weighted by atomic mass is 10.0. The first-order valence-electron chi connectivity index (χ1n) is 4.95. The summed E-state index contributed by atoms with van der Waals surface area (Å²) in [6.07, 6.45) is -3.64. The van der Waals surface area contributed by atoms with Gasteiger partial charge in [-0.15, -0.1) is 0 Å². The summed E-state index contributed by atoms with van der Waals surface area (Å²) in [4.78, 5) is 11.9. The molecule has 0 fully saturated rings. The van der Waals surface area contributed by atoms with E-state index >= 15 is 0 Å². The van der Waals surface area contributed by atoms with E-state index in [9.17, 15) is 22.4 Å². The predicted molar refractivity (Wildman–Crippen MR) is 61.2 cm³/mol. The minimum atomic E-state index is -4.85. The van der Waals surface area contributed by atoms with Gasteiger partial charge >= 0.3 is 6.18 Å². The Bertz CT molecular complexity index is 631. The van der Waals surface area contributed by atoms with Gasteiger partial charge in [0.15, 0.2) is 10.5 Å². The van der Waals surface area contributed by atoms with Crippen molar-refractivity contribution in [1.82, 2.24) is 0 Å². The van der Waals surface area contributed by atoms with Gasteiger partial charge in [-0.1, -0.05) is 0 Å². The fourth-order valence-corrected chi connectivity index (χ4v) is 1.92. The van der Waals surface area contributed by atoms with Gasteiger partial charge in [-0.25, -0.2) is 4.39 Å². The van der Waals surface area contributed by atoms with Gasteiger partial charge in [-0.3, -0.25) is 4.79 Å². The van der Waals surface area contributed by atoms with Crippen LogP contribution in [0, 0.1) is 5.82 Å². The Hall–Kier alpha value is -1.63. The van der Waals surface area contributed by atoms with Crippen LogP contribution in [0.15, 0.2) is 39.6 Å². The fourth-order valence-electron chi connectivity index (χ4n) is 1.50. The van der Waals surface area contributed by atoms with Crippen molar-refractivity contribution in [3.05, 3.63) is 57.7 Å². The van der Waals surface area contributed by atoms with Crippen LogP contribution in [-0.4, -0.2) is 5.78 Å². The number of rotatable bonds is 2. The van der Waals surface area contributed by atoms with E-state index in [1.807, 2.05) is 0 Å². The molecule has 1 heterocycles. The largest absolute Gasteiger partial charge is 0.457 e. The fraction of sp³-hybridized carbons (Fsp3) is 0.0833.